The van der Waals surface area contributed by atoms with E-state index in [1.165, 1.54) is 42.5 Å². The first-order valence-corrected chi connectivity index (χ1v) is 12.2. The minimum atomic E-state index is -4.57. The fourth-order valence-corrected chi connectivity index (χ4v) is 4.16. The minimum Gasteiger partial charge on any atom is -0.494 e. The molecular formula is C24H22F4N2O4S. The molecule has 35 heavy (non-hydrogen) atoms. The van der Waals surface area contributed by atoms with E-state index in [1.54, 1.807) is 6.92 Å². The van der Waals surface area contributed by atoms with Crippen LogP contribution in [0.2, 0.25) is 0 Å². The summed E-state index contributed by atoms with van der Waals surface area (Å²) in [6.07, 6.45) is -3.58. The number of alkyl halides is 3. The van der Waals surface area contributed by atoms with Crippen molar-refractivity contribution in [2.45, 2.75) is 19.6 Å². The largest absolute Gasteiger partial charge is 0.494 e. The highest BCUT2D eigenvalue weighted by Crippen LogP contribution is 2.31. The topological polar surface area (TPSA) is 75.7 Å². The normalized spacial score (nSPS) is 11.7. The van der Waals surface area contributed by atoms with Crippen LogP contribution < -0.4 is 14.4 Å². The molecule has 6 nitrogen and oxygen atoms in total. The second-order valence-corrected chi connectivity index (χ2v) is 9.44. The molecule has 0 aliphatic rings. The van der Waals surface area contributed by atoms with E-state index in [9.17, 15) is 30.8 Å². The van der Waals surface area contributed by atoms with Gasteiger partial charge in [-0.2, -0.15) is 13.2 Å². The molecule has 0 unspecified atom stereocenters. The van der Waals surface area contributed by atoms with E-state index in [4.69, 9.17) is 4.74 Å². The van der Waals surface area contributed by atoms with Gasteiger partial charge in [0.2, 0.25) is 10.0 Å². The van der Waals surface area contributed by atoms with Crippen molar-refractivity contribution in [3.63, 3.8) is 0 Å². The van der Waals surface area contributed by atoms with Crippen molar-refractivity contribution in [3.8, 4) is 5.75 Å². The van der Waals surface area contributed by atoms with E-state index in [2.05, 4.69) is 5.32 Å². The maximum absolute atomic E-state index is 13.4. The maximum atomic E-state index is 13.4. The van der Waals surface area contributed by atoms with Crippen molar-refractivity contribution < 1.29 is 35.5 Å². The van der Waals surface area contributed by atoms with Gasteiger partial charge >= 0.3 is 6.18 Å². The third-order valence-electron chi connectivity index (χ3n) is 4.90. The molecule has 0 heterocycles. The summed E-state index contributed by atoms with van der Waals surface area (Å²) in [7, 11) is -3.81. The molecular weight excluding hydrogens is 488 g/mol. The number of hydrogen-bond donors (Lipinski definition) is 1. The average molecular weight is 511 g/mol. The van der Waals surface area contributed by atoms with Gasteiger partial charge in [-0.25, -0.2) is 12.8 Å². The Labute approximate surface area is 200 Å². The molecule has 3 aromatic carbocycles. The highest BCUT2D eigenvalue weighted by Gasteiger charge is 2.30. The van der Waals surface area contributed by atoms with E-state index < -0.39 is 33.5 Å². The SMILES string of the molecule is CCOc1ccc(C(=O)Nc2cccc(C(F)(F)F)c2)cc1CN(c1ccc(F)cc1)S(C)(=O)=O. The molecule has 0 atom stereocenters. The van der Waals surface area contributed by atoms with Crippen molar-refractivity contribution in [1.82, 2.24) is 0 Å². The highest BCUT2D eigenvalue weighted by atomic mass is 32.2. The standard InChI is InChI=1S/C24H22F4N2O4S/c1-3-34-22-12-7-16(23(31)29-20-6-4-5-18(14-20)24(26,27)28)13-17(22)15-30(35(2,32)33)21-10-8-19(25)9-11-21/h4-14H,3,15H2,1-2H3,(H,29,31). The molecule has 0 aliphatic heterocycles. The van der Waals surface area contributed by atoms with Gasteiger partial charge in [-0.3, -0.25) is 9.10 Å². The number of hydrogen-bond acceptors (Lipinski definition) is 4. The van der Waals surface area contributed by atoms with Crippen LogP contribution in [0.1, 0.15) is 28.4 Å². The molecule has 0 fully saturated rings. The number of carbonyl (C=O) groups is 1. The first kappa shape index (κ1) is 26.0. The molecule has 0 radical (unpaired) electrons. The van der Waals surface area contributed by atoms with Crippen LogP contribution in [0.25, 0.3) is 0 Å². The number of rotatable bonds is 8. The van der Waals surface area contributed by atoms with E-state index in [-0.39, 0.29) is 30.1 Å². The summed E-state index contributed by atoms with van der Waals surface area (Å²) < 4.78 is 83.9. The van der Waals surface area contributed by atoms with Gasteiger partial charge in [-0.05, 0) is 67.6 Å². The number of nitrogens with zero attached hydrogens (tertiary/aromatic N) is 1. The first-order valence-electron chi connectivity index (χ1n) is 10.4. The van der Waals surface area contributed by atoms with Gasteiger partial charge < -0.3 is 10.1 Å². The summed E-state index contributed by atoms with van der Waals surface area (Å²) in [6, 6.07) is 13.3. The molecule has 3 rings (SSSR count). The van der Waals surface area contributed by atoms with Gasteiger partial charge in [0.1, 0.15) is 11.6 Å². The maximum Gasteiger partial charge on any atom is 0.416 e. The number of halogens is 4. The van der Waals surface area contributed by atoms with Crippen LogP contribution in [-0.4, -0.2) is 27.2 Å². The molecule has 1 N–H and O–H groups in total. The van der Waals surface area contributed by atoms with Crippen molar-refractivity contribution in [3.05, 3.63) is 89.2 Å². The second-order valence-electron chi connectivity index (χ2n) is 7.53. The summed E-state index contributed by atoms with van der Waals surface area (Å²) in [4.78, 5) is 12.8. The van der Waals surface area contributed by atoms with Crippen LogP contribution in [-0.2, 0) is 22.7 Å². The lowest BCUT2D eigenvalue weighted by Gasteiger charge is -2.24. The zero-order chi connectivity index (χ0) is 25.8. The quantitative estimate of drug-likeness (QED) is 0.409. The average Bonchev–Trinajstić information content (AvgIpc) is 2.78. The Balaban J connectivity index is 1.94. The third kappa shape index (κ3) is 6.72. The number of nitrogens with one attached hydrogen (secondary N) is 1. The van der Waals surface area contributed by atoms with E-state index in [1.807, 2.05) is 0 Å². The van der Waals surface area contributed by atoms with Crippen LogP contribution in [0, 0.1) is 5.82 Å². The smallest absolute Gasteiger partial charge is 0.416 e. The van der Waals surface area contributed by atoms with Crippen molar-refractivity contribution in [2.24, 2.45) is 0 Å². The monoisotopic (exact) mass is 510 g/mol. The molecule has 11 heteroatoms. The number of benzene rings is 3. The van der Waals surface area contributed by atoms with Crippen LogP contribution in [0.4, 0.5) is 28.9 Å². The minimum absolute atomic E-state index is 0.0515. The summed E-state index contributed by atoms with van der Waals surface area (Å²) in [5.74, 6) is -0.911. The number of sulfonamides is 1. The van der Waals surface area contributed by atoms with Gasteiger partial charge in [0.15, 0.2) is 0 Å². The fraction of sp³-hybridized carbons (Fsp3) is 0.208. The predicted octanol–water partition coefficient (Wildman–Crippen LogP) is 5.46. The van der Waals surface area contributed by atoms with Gasteiger partial charge in [-0.1, -0.05) is 6.07 Å². The Morgan fingerprint density at radius 1 is 1.03 bits per heavy atom. The molecule has 0 bridgehead atoms. The van der Waals surface area contributed by atoms with Gasteiger partial charge in [0.25, 0.3) is 5.91 Å². The van der Waals surface area contributed by atoms with Crippen molar-refractivity contribution in [2.75, 3.05) is 22.5 Å². The second kappa shape index (κ2) is 10.3. The molecule has 0 saturated heterocycles. The van der Waals surface area contributed by atoms with Crippen molar-refractivity contribution in [1.29, 1.82) is 0 Å². The zero-order valence-electron chi connectivity index (χ0n) is 18.8. The Bertz CT molecular complexity index is 1310. The fourth-order valence-electron chi connectivity index (χ4n) is 3.28. The lowest BCUT2D eigenvalue weighted by Crippen LogP contribution is -2.29. The zero-order valence-corrected chi connectivity index (χ0v) is 19.6. The number of ether oxygens (including phenoxy) is 1. The number of carbonyl (C=O) groups excluding carboxylic acids is 1. The Kier molecular flexibility index (Phi) is 7.69. The molecule has 0 spiro atoms. The molecule has 3 aromatic rings. The van der Waals surface area contributed by atoms with E-state index in [0.717, 1.165) is 34.8 Å². The summed E-state index contributed by atoms with van der Waals surface area (Å²) in [5, 5.41) is 2.42. The van der Waals surface area contributed by atoms with Crippen LogP contribution in [0.15, 0.2) is 66.7 Å². The van der Waals surface area contributed by atoms with E-state index >= 15 is 0 Å². The number of anilines is 2. The molecule has 0 saturated carbocycles. The lowest BCUT2D eigenvalue weighted by atomic mass is 10.1. The van der Waals surface area contributed by atoms with Crippen molar-refractivity contribution >= 4 is 27.3 Å². The van der Waals surface area contributed by atoms with Gasteiger partial charge in [0, 0.05) is 16.8 Å². The molecule has 0 aliphatic carbocycles. The van der Waals surface area contributed by atoms with Gasteiger partial charge in [0.05, 0.1) is 30.7 Å². The van der Waals surface area contributed by atoms with Crippen LogP contribution in [0.3, 0.4) is 0 Å². The summed E-state index contributed by atoms with van der Waals surface area (Å²) in [6.45, 7) is 1.76. The third-order valence-corrected chi connectivity index (χ3v) is 6.04. The van der Waals surface area contributed by atoms with Crippen LogP contribution >= 0.6 is 0 Å². The Hall–Kier alpha value is -3.60. The summed E-state index contributed by atoms with van der Waals surface area (Å²) >= 11 is 0. The first-order chi connectivity index (χ1) is 16.4. The lowest BCUT2D eigenvalue weighted by molar-refractivity contribution is -0.137. The molecule has 186 valence electrons. The molecule has 0 aromatic heterocycles. The number of amides is 1. The molecule has 1 amide bonds. The Morgan fingerprint density at radius 3 is 2.31 bits per heavy atom. The van der Waals surface area contributed by atoms with Crippen LogP contribution in [0.5, 0.6) is 5.75 Å². The predicted molar refractivity (Wildman–Crippen MR) is 124 cm³/mol. The van der Waals surface area contributed by atoms with E-state index in [0.29, 0.717) is 11.3 Å². The Morgan fingerprint density at radius 2 is 1.71 bits per heavy atom. The summed E-state index contributed by atoms with van der Waals surface area (Å²) in [5.41, 5.74) is -0.350. The van der Waals surface area contributed by atoms with Gasteiger partial charge in [-0.15, -0.1) is 0 Å². The highest BCUT2D eigenvalue weighted by molar-refractivity contribution is 7.92.